The van der Waals surface area contributed by atoms with Gasteiger partial charge < -0.3 is 15.1 Å². The molecule has 4 aromatic rings. The van der Waals surface area contributed by atoms with Crippen LogP contribution in [0.2, 0.25) is 0 Å². The van der Waals surface area contributed by atoms with Crippen LogP contribution in [-0.4, -0.2) is 11.8 Å². The quantitative estimate of drug-likeness (QED) is 0.301. The second-order valence-electron chi connectivity index (χ2n) is 8.37. The van der Waals surface area contributed by atoms with Gasteiger partial charge in [-0.1, -0.05) is 51.1 Å². The lowest BCUT2D eigenvalue weighted by Gasteiger charge is -2.18. The number of anilines is 2. The molecule has 2 N–H and O–H groups in total. The molecular weight excluding hydrogens is 440 g/mol. The molecule has 0 aliphatic carbocycles. The van der Waals surface area contributed by atoms with E-state index in [-0.39, 0.29) is 11.8 Å². The Bertz CT molecular complexity index is 1250. The summed E-state index contributed by atoms with van der Waals surface area (Å²) in [6.45, 7) is 5.56. The summed E-state index contributed by atoms with van der Waals surface area (Å²) in [6, 6.07) is 18.9. The number of nitrogens with one attached hydrogen (secondary N) is 2. The molecule has 0 aliphatic rings. The lowest BCUT2D eigenvalue weighted by atomic mass is 9.95. The van der Waals surface area contributed by atoms with E-state index < -0.39 is 5.41 Å². The second-order valence-corrected chi connectivity index (χ2v) is 10.6. The van der Waals surface area contributed by atoms with Crippen LogP contribution in [-0.2, 0) is 10.5 Å². The third-order valence-corrected chi connectivity index (χ3v) is 6.98. The number of para-hydroxylation sites is 1. The molecule has 0 radical (unpaired) electrons. The van der Waals surface area contributed by atoms with Crippen LogP contribution in [0, 0.1) is 5.41 Å². The highest BCUT2D eigenvalue weighted by atomic mass is 32.2. The van der Waals surface area contributed by atoms with Crippen molar-refractivity contribution in [2.45, 2.75) is 30.7 Å². The van der Waals surface area contributed by atoms with Gasteiger partial charge in [-0.3, -0.25) is 9.59 Å². The molecule has 0 spiro atoms. The van der Waals surface area contributed by atoms with Gasteiger partial charge in [-0.15, -0.1) is 23.1 Å². The van der Waals surface area contributed by atoms with E-state index >= 15 is 0 Å². The first-order chi connectivity index (χ1) is 15.3. The minimum absolute atomic E-state index is 0.0915. The van der Waals surface area contributed by atoms with Gasteiger partial charge in [0.1, 0.15) is 5.58 Å². The highest BCUT2D eigenvalue weighted by molar-refractivity contribution is 8.00. The average molecular weight is 465 g/mol. The minimum atomic E-state index is -0.511. The van der Waals surface area contributed by atoms with Gasteiger partial charge in [0.2, 0.25) is 5.91 Å². The van der Waals surface area contributed by atoms with Gasteiger partial charge in [0.05, 0.1) is 4.21 Å². The number of fused-ring (bicyclic) bond motifs is 1. The van der Waals surface area contributed by atoms with E-state index in [1.165, 1.54) is 4.21 Å². The van der Waals surface area contributed by atoms with E-state index in [1.54, 1.807) is 47.4 Å². The minimum Gasteiger partial charge on any atom is -0.451 e. The molecular formula is C25H24N2O3S2. The zero-order valence-electron chi connectivity index (χ0n) is 18.1. The van der Waals surface area contributed by atoms with Gasteiger partial charge in [0, 0.05) is 33.5 Å². The normalized spacial score (nSPS) is 11.5. The highest BCUT2D eigenvalue weighted by Gasteiger charge is 2.23. The molecule has 0 unspecified atom stereocenters. The summed E-state index contributed by atoms with van der Waals surface area (Å²) in [6.07, 6.45) is 0. The number of rotatable bonds is 6. The SMILES string of the molecule is CC(C)(C)C(=O)Nc1cccc(NC(=O)c2oc3ccccc3c2CSc2cccs2)c1. The summed E-state index contributed by atoms with van der Waals surface area (Å²) >= 11 is 3.35. The molecule has 2 amide bonds. The predicted molar refractivity (Wildman–Crippen MR) is 133 cm³/mol. The van der Waals surface area contributed by atoms with Crippen LogP contribution >= 0.6 is 23.1 Å². The number of hydrogen-bond acceptors (Lipinski definition) is 5. The topological polar surface area (TPSA) is 71.3 Å². The zero-order chi connectivity index (χ0) is 22.7. The van der Waals surface area contributed by atoms with Crippen LogP contribution in [0.3, 0.4) is 0 Å². The van der Waals surface area contributed by atoms with Crippen molar-refractivity contribution in [3.05, 3.63) is 77.4 Å². The number of amides is 2. The smallest absolute Gasteiger partial charge is 0.291 e. The van der Waals surface area contributed by atoms with E-state index in [2.05, 4.69) is 16.7 Å². The van der Waals surface area contributed by atoms with E-state index in [9.17, 15) is 9.59 Å². The monoisotopic (exact) mass is 464 g/mol. The van der Waals surface area contributed by atoms with Crippen LogP contribution in [0.1, 0.15) is 36.9 Å². The molecule has 32 heavy (non-hydrogen) atoms. The number of hydrogen-bond donors (Lipinski definition) is 2. The predicted octanol–water partition coefficient (Wildman–Crippen LogP) is 7.02. The Morgan fingerprint density at radius 1 is 0.969 bits per heavy atom. The van der Waals surface area contributed by atoms with E-state index in [4.69, 9.17) is 4.42 Å². The van der Waals surface area contributed by atoms with Crippen molar-refractivity contribution in [3.8, 4) is 0 Å². The molecule has 0 aliphatic heterocycles. The van der Waals surface area contributed by atoms with Crippen LogP contribution in [0.25, 0.3) is 11.0 Å². The zero-order valence-corrected chi connectivity index (χ0v) is 19.7. The lowest BCUT2D eigenvalue weighted by molar-refractivity contribution is -0.123. The Hall–Kier alpha value is -3.03. The molecule has 2 heterocycles. The third kappa shape index (κ3) is 5.06. The summed E-state index contributed by atoms with van der Waals surface area (Å²) in [5.74, 6) is 0.523. The van der Waals surface area contributed by atoms with Gasteiger partial charge in [-0.2, -0.15) is 0 Å². The fourth-order valence-corrected chi connectivity index (χ4v) is 4.91. The first-order valence-corrected chi connectivity index (χ1v) is 12.1. The van der Waals surface area contributed by atoms with Crippen molar-refractivity contribution in [2.24, 2.45) is 5.41 Å². The van der Waals surface area contributed by atoms with Crippen molar-refractivity contribution >= 4 is 57.3 Å². The van der Waals surface area contributed by atoms with E-state index in [1.807, 2.05) is 56.5 Å². The molecule has 0 fully saturated rings. The fourth-order valence-electron chi connectivity index (χ4n) is 3.10. The van der Waals surface area contributed by atoms with Crippen molar-refractivity contribution in [1.82, 2.24) is 0 Å². The maximum atomic E-state index is 13.2. The Balaban J connectivity index is 1.57. The Morgan fingerprint density at radius 2 is 1.72 bits per heavy atom. The largest absolute Gasteiger partial charge is 0.451 e. The molecule has 2 aromatic heterocycles. The molecule has 5 nitrogen and oxygen atoms in total. The fraction of sp³-hybridized carbons (Fsp3) is 0.200. The van der Waals surface area contributed by atoms with Crippen molar-refractivity contribution in [2.75, 3.05) is 10.6 Å². The van der Waals surface area contributed by atoms with Gasteiger partial charge >= 0.3 is 0 Å². The molecule has 164 valence electrons. The van der Waals surface area contributed by atoms with Gasteiger partial charge in [0.15, 0.2) is 5.76 Å². The molecule has 7 heteroatoms. The molecule has 0 saturated heterocycles. The third-order valence-electron chi connectivity index (χ3n) is 4.82. The second kappa shape index (κ2) is 9.22. The van der Waals surface area contributed by atoms with Crippen LogP contribution in [0.4, 0.5) is 11.4 Å². The number of thioether (sulfide) groups is 1. The summed E-state index contributed by atoms with van der Waals surface area (Å²) in [5, 5.41) is 8.78. The van der Waals surface area contributed by atoms with E-state index in [0.29, 0.717) is 28.5 Å². The lowest BCUT2D eigenvalue weighted by Crippen LogP contribution is -2.27. The number of carbonyl (C=O) groups excluding carboxylic acids is 2. The highest BCUT2D eigenvalue weighted by Crippen LogP contribution is 2.34. The van der Waals surface area contributed by atoms with Gasteiger partial charge in [-0.25, -0.2) is 0 Å². The van der Waals surface area contributed by atoms with Crippen LogP contribution in [0.5, 0.6) is 0 Å². The maximum Gasteiger partial charge on any atom is 0.291 e. The molecule has 0 saturated carbocycles. The van der Waals surface area contributed by atoms with E-state index in [0.717, 1.165) is 10.9 Å². The van der Waals surface area contributed by atoms with Gasteiger partial charge in [0.25, 0.3) is 5.91 Å². The van der Waals surface area contributed by atoms with Crippen LogP contribution < -0.4 is 10.6 Å². The number of furan rings is 1. The summed E-state index contributed by atoms with van der Waals surface area (Å²) in [4.78, 5) is 25.4. The van der Waals surface area contributed by atoms with Gasteiger partial charge in [-0.05, 0) is 35.7 Å². The Morgan fingerprint density at radius 3 is 2.44 bits per heavy atom. The molecule has 4 rings (SSSR count). The van der Waals surface area contributed by atoms with Crippen molar-refractivity contribution in [1.29, 1.82) is 0 Å². The summed E-state index contributed by atoms with van der Waals surface area (Å²) in [5.41, 5.74) is 2.25. The summed E-state index contributed by atoms with van der Waals surface area (Å²) in [7, 11) is 0. The van der Waals surface area contributed by atoms with Crippen molar-refractivity contribution < 1.29 is 14.0 Å². The molecule has 0 atom stereocenters. The Labute approximate surface area is 195 Å². The summed E-state index contributed by atoms with van der Waals surface area (Å²) < 4.78 is 7.14. The number of thiophene rings is 1. The van der Waals surface area contributed by atoms with Crippen molar-refractivity contribution in [3.63, 3.8) is 0 Å². The first-order valence-electron chi connectivity index (χ1n) is 10.2. The standard InChI is InChI=1S/C25H24N2O3S2/c1-25(2,3)24(29)27-17-9-6-8-16(14-17)26-23(28)22-19(15-32-21-12-7-13-31-21)18-10-4-5-11-20(18)30-22/h4-14H,15H2,1-3H3,(H,26,28)(H,27,29). The molecule has 2 aromatic carbocycles. The average Bonchev–Trinajstić information content (AvgIpc) is 3.39. The number of benzene rings is 2. The number of carbonyl (C=O) groups is 2. The Kier molecular flexibility index (Phi) is 6.39. The first kappa shape index (κ1) is 22.2. The van der Waals surface area contributed by atoms with Crippen LogP contribution in [0.15, 0.2) is 74.7 Å². The molecule has 0 bridgehead atoms. The maximum absolute atomic E-state index is 13.2.